The molecule has 18 heavy (non-hydrogen) atoms. The first-order valence-electron chi connectivity index (χ1n) is 7.42. The van der Waals surface area contributed by atoms with Crippen LogP contribution in [-0.4, -0.2) is 20.8 Å². The topological polar surface area (TPSA) is 56.7 Å². The fraction of sp³-hybridized carbons (Fsp3) is 0.857. The van der Waals surface area contributed by atoms with Crippen LogP contribution in [0.25, 0.3) is 0 Å². The van der Waals surface area contributed by atoms with Crippen molar-refractivity contribution in [1.82, 2.24) is 14.8 Å². The summed E-state index contributed by atoms with van der Waals surface area (Å²) in [5.41, 5.74) is 6.22. The lowest BCUT2D eigenvalue weighted by atomic mass is 9.85. The lowest BCUT2D eigenvalue weighted by Crippen LogP contribution is -2.26. The van der Waals surface area contributed by atoms with Crippen molar-refractivity contribution >= 4 is 0 Å². The molecule has 4 nitrogen and oxygen atoms in total. The van der Waals surface area contributed by atoms with Crippen molar-refractivity contribution in [3.05, 3.63) is 12.2 Å². The number of hydrogen-bond donors (Lipinski definition) is 1. The zero-order valence-corrected chi connectivity index (χ0v) is 11.5. The number of rotatable bonds is 6. The molecule has 1 aliphatic rings. The maximum absolute atomic E-state index is 6.22. The second-order valence-electron chi connectivity index (χ2n) is 5.54. The Morgan fingerprint density at radius 3 is 2.89 bits per heavy atom. The summed E-state index contributed by atoms with van der Waals surface area (Å²) in [6.07, 6.45) is 12.0. The van der Waals surface area contributed by atoms with Crippen molar-refractivity contribution < 1.29 is 0 Å². The number of nitrogens with two attached hydrogens (primary N) is 1. The Hall–Kier alpha value is -0.900. The average molecular weight is 250 g/mol. The molecule has 1 aliphatic carbocycles. The molecule has 0 radical (unpaired) electrons. The van der Waals surface area contributed by atoms with Crippen LogP contribution in [-0.2, 0) is 13.0 Å². The summed E-state index contributed by atoms with van der Waals surface area (Å²) < 4.78 is 1.94. The van der Waals surface area contributed by atoms with E-state index in [-0.39, 0.29) is 6.04 Å². The zero-order chi connectivity index (χ0) is 12.8. The summed E-state index contributed by atoms with van der Waals surface area (Å²) in [5, 5.41) is 4.19. The van der Waals surface area contributed by atoms with Crippen molar-refractivity contribution in [3.8, 4) is 0 Å². The van der Waals surface area contributed by atoms with E-state index >= 15 is 0 Å². The van der Waals surface area contributed by atoms with Crippen LogP contribution in [0.4, 0.5) is 0 Å². The summed E-state index contributed by atoms with van der Waals surface area (Å²) in [4.78, 5) is 4.29. The van der Waals surface area contributed by atoms with Crippen LogP contribution in [0.2, 0.25) is 0 Å². The van der Waals surface area contributed by atoms with Crippen LogP contribution in [0.5, 0.6) is 0 Å². The Labute approximate surface area is 110 Å². The quantitative estimate of drug-likeness (QED) is 0.844. The molecular weight excluding hydrogens is 224 g/mol. The number of aryl methyl sites for hydroxylation is 1. The van der Waals surface area contributed by atoms with Gasteiger partial charge in [0, 0.05) is 19.0 Å². The number of hydrogen-bond acceptors (Lipinski definition) is 3. The third kappa shape index (κ3) is 3.80. The normalized spacial score (nSPS) is 19.0. The van der Waals surface area contributed by atoms with Gasteiger partial charge in [-0.3, -0.25) is 4.68 Å². The van der Waals surface area contributed by atoms with Crippen molar-refractivity contribution in [1.29, 1.82) is 0 Å². The van der Waals surface area contributed by atoms with Gasteiger partial charge in [-0.25, -0.2) is 4.98 Å². The van der Waals surface area contributed by atoms with Crippen LogP contribution in [0.1, 0.15) is 57.7 Å². The average Bonchev–Trinajstić information content (AvgIpc) is 2.85. The minimum Gasteiger partial charge on any atom is -0.327 e. The molecule has 1 heterocycles. The van der Waals surface area contributed by atoms with Crippen molar-refractivity contribution in [2.24, 2.45) is 11.7 Å². The molecule has 1 fully saturated rings. The lowest BCUT2D eigenvalue weighted by Gasteiger charge is -2.22. The van der Waals surface area contributed by atoms with E-state index in [1.807, 2.05) is 4.68 Å². The van der Waals surface area contributed by atoms with Gasteiger partial charge in [0.15, 0.2) is 0 Å². The molecule has 102 valence electrons. The predicted octanol–water partition coefficient (Wildman–Crippen LogP) is 2.53. The Balaban J connectivity index is 1.72. The first-order valence-corrected chi connectivity index (χ1v) is 7.42. The first-order chi connectivity index (χ1) is 8.79. The minimum absolute atomic E-state index is 0.237. The highest BCUT2D eigenvalue weighted by Gasteiger charge is 2.16. The molecule has 0 amide bonds. The largest absolute Gasteiger partial charge is 0.327 e. The molecule has 0 bridgehead atoms. The first kappa shape index (κ1) is 13.5. The van der Waals surface area contributed by atoms with Crippen LogP contribution < -0.4 is 5.73 Å². The molecule has 0 aliphatic heterocycles. The van der Waals surface area contributed by atoms with Crippen LogP contribution >= 0.6 is 0 Å². The molecule has 1 aromatic rings. The van der Waals surface area contributed by atoms with Gasteiger partial charge in [-0.1, -0.05) is 32.1 Å². The van der Waals surface area contributed by atoms with E-state index in [1.54, 1.807) is 6.33 Å². The SMILES string of the molecule is CCn1ncnc1CC(N)CCC1CCCCC1. The van der Waals surface area contributed by atoms with E-state index in [1.165, 1.54) is 38.5 Å². The molecule has 4 heteroatoms. The van der Waals surface area contributed by atoms with Crippen molar-refractivity contribution in [3.63, 3.8) is 0 Å². The zero-order valence-electron chi connectivity index (χ0n) is 11.5. The molecule has 2 N–H and O–H groups in total. The highest BCUT2D eigenvalue weighted by Crippen LogP contribution is 2.27. The third-order valence-corrected chi connectivity index (χ3v) is 4.11. The highest BCUT2D eigenvalue weighted by molar-refractivity contribution is 4.89. The molecule has 2 rings (SSSR count). The molecule has 0 spiro atoms. The van der Waals surface area contributed by atoms with E-state index in [2.05, 4.69) is 17.0 Å². The van der Waals surface area contributed by atoms with Crippen LogP contribution in [0, 0.1) is 5.92 Å². The van der Waals surface area contributed by atoms with E-state index in [0.717, 1.165) is 31.1 Å². The fourth-order valence-electron chi connectivity index (χ4n) is 2.97. The molecule has 1 aromatic heterocycles. The molecule has 0 saturated heterocycles. The summed E-state index contributed by atoms with van der Waals surface area (Å²) >= 11 is 0. The van der Waals surface area contributed by atoms with Gasteiger partial charge in [0.1, 0.15) is 12.2 Å². The highest BCUT2D eigenvalue weighted by atomic mass is 15.3. The van der Waals surface area contributed by atoms with Crippen molar-refractivity contribution in [2.75, 3.05) is 0 Å². The van der Waals surface area contributed by atoms with Gasteiger partial charge >= 0.3 is 0 Å². The van der Waals surface area contributed by atoms with Crippen molar-refractivity contribution in [2.45, 2.75) is 70.9 Å². The van der Waals surface area contributed by atoms with E-state index in [9.17, 15) is 0 Å². The standard InChI is InChI=1S/C14H26N4/c1-2-18-14(16-11-17-18)10-13(15)9-8-12-6-4-3-5-7-12/h11-13H,2-10,15H2,1H3. The summed E-state index contributed by atoms with van der Waals surface area (Å²) in [5.74, 6) is 1.96. The second-order valence-corrected chi connectivity index (χ2v) is 5.54. The number of aromatic nitrogens is 3. The van der Waals surface area contributed by atoms with Gasteiger partial charge in [0.05, 0.1) is 0 Å². The van der Waals surface area contributed by atoms with E-state index in [4.69, 9.17) is 5.73 Å². The van der Waals surface area contributed by atoms with Gasteiger partial charge in [0.2, 0.25) is 0 Å². The Morgan fingerprint density at radius 2 is 2.17 bits per heavy atom. The summed E-state index contributed by atoms with van der Waals surface area (Å²) in [6.45, 7) is 2.97. The molecule has 0 aromatic carbocycles. The Bertz CT molecular complexity index is 341. The predicted molar refractivity (Wildman–Crippen MR) is 73.2 cm³/mol. The summed E-state index contributed by atoms with van der Waals surface area (Å²) in [7, 11) is 0. The van der Waals surface area contributed by atoms with Gasteiger partial charge in [0.25, 0.3) is 0 Å². The van der Waals surface area contributed by atoms with E-state index < -0.39 is 0 Å². The molecule has 1 atom stereocenters. The van der Waals surface area contributed by atoms with Crippen LogP contribution in [0.15, 0.2) is 6.33 Å². The Morgan fingerprint density at radius 1 is 1.39 bits per heavy atom. The number of nitrogens with zero attached hydrogens (tertiary/aromatic N) is 3. The smallest absolute Gasteiger partial charge is 0.138 e. The summed E-state index contributed by atoms with van der Waals surface area (Å²) in [6, 6.07) is 0.237. The Kier molecular flexibility index (Phi) is 5.17. The maximum atomic E-state index is 6.22. The van der Waals surface area contributed by atoms with Gasteiger partial charge < -0.3 is 5.73 Å². The second kappa shape index (κ2) is 6.88. The fourth-order valence-corrected chi connectivity index (χ4v) is 2.97. The van der Waals surface area contributed by atoms with Gasteiger partial charge in [-0.15, -0.1) is 0 Å². The van der Waals surface area contributed by atoms with Crippen LogP contribution in [0.3, 0.4) is 0 Å². The minimum atomic E-state index is 0.237. The molecular formula is C14H26N4. The molecule has 1 saturated carbocycles. The third-order valence-electron chi connectivity index (χ3n) is 4.11. The lowest BCUT2D eigenvalue weighted by molar-refractivity contribution is 0.321. The van der Waals surface area contributed by atoms with Gasteiger partial charge in [-0.2, -0.15) is 5.10 Å². The maximum Gasteiger partial charge on any atom is 0.138 e. The molecule has 1 unspecified atom stereocenters. The monoisotopic (exact) mass is 250 g/mol. The van der Waals surface area contributed by atoms with Gasteiger partial charge in [-0.05, 0) is 25.7 Å². The van der Waals surface area contributed by atoms with E-state index in [0.29, 0.717) is 0 Å².